The van der Waals surface area contributed by atoms with E-state index in [1.807, 2.05) is 0 Å². The lowest BCUT2D eigenvalue weighted by molar-refractivity contribution is -0.129. The fraction of sp³-hybridized carbons (Fsp3) is 0.857. The van der Waals surface area contributed by atoms with Gasteiger partial charge in [-0.05, 0) is 12.8 Å². The van der Waals surface area contributed by atoms with E-state index >= 15 is 0 Å². The summed E-state index contributed by atoms with van der Waals surface area (Å²) in [6.07, 6.45) is -0.123. The molecular weight excluding hydrogens is 138 g/mol. The first-order valence-corrected chi connectivity index (χ1v) is 3.52. The van der Waals surface area contributed by atoms with Gasteiger partial charge in [-0.15, -0.1) is 0 Å². The topological polar surface area (TPSA) is 17.1 Å². The summed E-state index contributed by atoms with van der Waals surface area (Å²) < 4.78 is 23.9. The van der Waals surface area contributed by atoms with E-state index in [2.05, 4.69) is 0 Å². The SMILES string of the molecule is O=C1CCCCC1C(F)F. The summed E-state index contributed by atoms with van der Waals surface area (Å²) in [7, 11) is 0. The fourth-order valence-corrected chi connectivity index (χ4v) is 1.28. The standard InChI is InChI=1S/C7H10F2O/c8-7(9)5-3-1-2-4-6(5)10/h5,7H,1-4H2. The highest BCUT2D eigenvalue weighted by atomic mass is 19.3. The van der Waals surface area contributed by atoms with E-state index in [1.54, 1.807) is 0 Å². The van der Waals surface area contributed by atoms with Crippen molar-refractivity contribution in [3.63, 3.8) is 0 Å². The molecule has 0 amide bonds. The zero-order valence-electron chi connectivity index (χ0n) is 5.65. The van der Waals surface area contributed by atoms with Crippen LogP contribution in [0.3, 0.4) is 0 Å². The zero-order chi connectivity index (χ0) is 7.56. The van der Waals surface area contributed by atoms with Gasteiger partial charge in [0, 0.05) is 6.42 Å². The van der Waals surface area contributed by atoms with E-state index in [0.29, 0.717) is 12.8 Å². The maximum Gasteiger partial charge on any atom is 0.248 e. The Kier molecular flexibility index (Phi) is 2.35. The predicted octanol–water partition coefficient (Wildman–Crippen LogP) is 2.01. The monoisotopic (exact) mass is 148 g/mol. The van der Waals surface area contributed by atoms with E-state index in [4.69, 9.17) is 0 Å². The van der Waals surface area contributed by atoms with Gasteiger partial charge in [-0.2, -0.15) is 0 Å². The molecule has 3 heteroatoms. The van der Waals surface area contributed by atoms with Crippen LogP contribution in [0.1, 0.15) is 25.7 Å². The van der Waals surface area contributed by atoms with Crippen molar-refractivity contribution >= 4 is 5.78 Å². The second kappa shape index (κ2) is 3.08. The molecule has 1 rings (SSSR count). The van der Waals surface area contributed by atoms with Crippen molar-refractivity contribution in [2.45, 2.75) is 32.1 Å². The predicted molar refractivity (Wildman–Crippen MR) is 33.0 cm³/mol. The molecule has 0 aliphatic heterocycles. The summed E-state index contributed by atoms with van der Waals surface area (Å²) in [5.74, 6) is -1.20. The van der Waals surface area contributed by atoms with E-state index < -0.39 is 12.3 Å². The average Bonchev–Trinajstić information content (AvgIpc) is 1.88. The Bertz CT molecular complexity index is 134. The molecule has 1 atom stereocenters. The molecule has 0 bridgehead atoms. The van der Waals surface area contributed by atoms with Crippen LogP contribution in [0.4, 0.5) is 8.78 Å². The third kappa shape index (κ3) is 1.52. The molecule has 0 heterocycles. The summed E-state index contributed by atoms with van der Waals surface area (Å²) in [5.41, 5.74) is 0. The second-order valence-corrected chi connectivity index (χ2v) is 2.65. The van der Waals surface area contributed by atoms with Gasteiger partial charge in [-0.3, -0.25) is 4.79 Å². The first-order chi connectivity index (χ1) is 4.72. The number of ketones is 1. The van der Waals surface area contributed by atoms with Gasteiger partial charge in [0.1, 0.15) is 5.78 Å². The van der Waals surface area contributed by atoms with Crippen molar-refractivity contribution in [1.82, 2.24) is 0 Å². The Morgan fingerprint density at radius 1 is 1.40 bits per heavy atom. The van der Waals surface area contributed by atoms with Crippen molar-refractivity contribution in [3.8, 4) is 0 Å². The van der Waals surface area contributed by atoms with E-state index in [0.717, 1.165) is 12.8 Å². The number of Topliss-reactive ketones (excluding diaryl/α,β-unsaturated/α-hetero) is 1. The van der Waals surface area contributed by atoms with Crippen LogP contribution in [0.15, 0.2) is 0 Å². The van der Waals surface area contributed by atoms with Crippen molar-refractivity contribution in [2.24, 2.45) is 5.92 Å². The number of alkyl halides is 2. The molecule has 0 aromatic heterocycles. The molecule has 1 unspecified atom stereocenters. The molecule has 0 N–H and O–H groups in total. The highest BCUT2D eigenvalue weighted by Gasteiger charge is 2.29. The van der Waals surface area contributed by atoms with Gasteiger partial charge in [0.25, 0.3) is 0 Å². The van der Waals surface area contributed by atoms with Gasteiger partial charge in [-0.25, -0.2) is 8.78 Å². The molecule has 58 valence electrons. The maximum absolute atomic E-state index is 12.0. The van der Waals surface area contributed by atoms with E-state index in [1.165, 1.54) is 0 Å². The maximum atomic E-state index is 12.0. The van der Waals surface area contributed by atoms with Crippen LogP contribution in [0.5, 0.6) is 0 Å². The molecule has 0 aromatic rings. The van der Waals surface area contributed by atoms with E-state index in [9.17, 15) is 13.6 Å². The number of hydrogen-bond acceptors (Lipinski definition) is 1. The van der Waals surface area contributed by atoms with Crippen LogP contribution in [-0.2, 0) is 4.79 Å². The van der Waals surface area contributed by atoms with Crippen molar-refractivity contribution < 1.29 is 13.6 Å². The number of hydrogen-bond donors (Lipinski definition) is 0. The molecule has 10 heavy (non-hydrogen) atoms. The Morgan fingerprint density at radius 3 is 2.50 bits per heavy atom. The molecule has 1 aliphatic rings. The third-order valence-corrected chi connectivity index (χ3v) is 1.91. The lowest BCUT2D eigenvalue weighted by atomic mass is 9.88. The molecule has 1 saturated carbocycles. The third-order valence-electron chi connectivity index (χ3n) is 1.91. The summed E-state index contributed by atoms with van der Waals surface area (Å²) in [5, 5.41) is 0. The average molecular weight is 148 g/mol. The van der Waals surface area contributed by atoms with Gasteiger partial charge in [0.05, 0.1) is 5.92 Å². The Hall–Kier alpha value is -0.470. The summed E-state index contributed by atoms with van der Waals surface area (Å²) in [4.78, 5) is 10.8. The lowest BCUT2D eigenvalue weighted by Crippen LogP contribution is -2.25. The second-order valence-electron chi connectivity index (χ2n) is 2.65. The quantitative estimate of drug-likeness (QED) is 0.556. The number of rotatable bonds is 1. The minimum Gasteiger partial charge on any atom is -0.299 e. The first kappa shape index (κ1) is 7.63. The van der Waals surface area contributed by atoms with Crippen LogP contribution in [0.25, 0.3) is 0 Å². The largest absolute Gasteiger partial charge is 0.299 e. The van der Waals surface area contributed by atoms with Crippen molar-refractivity contribution in [1.29, 1.82) is 0 Å². The van der Waals surface area contributed by atoms with Gasteiger partial charge < -0.3 is 0 Å². The molecular formula is C7H10F2O. The smallest absolute Gasteiger partial charge is 0.248 e. The Labute approximate surface area is 58.4 Å². The molecule has 0 radical (unpaired) electrons. The molecule has 0 aromatic carbocycles. The number of halogens is 2. The molecule has 1 aliphatic carbocycles. The van der Waals surface area contributed by atoms with Crippen LogP contribution in [0, 0.1) is 5.92 Å². The van der Waals surface area contributed by atoms with Crippen molar-refractivity contribution in [3.05, 3.63) is 0 Å². The van der Waals surface area contributed by atoms with E-state index in [-0.39, 0.29) is 5.78 Å². The number of carbonyl (C=O) groups is 1. The fourth-order valence-electron chi connectivity index (χ4n) is 1.28. The van der Waals surface area contributed by atoms with Crippen LogP contribution < -0.4 is 0 Å². The zero-order valence-corrected chi connectivity index (χ0v) is 5.65. The van der Waals surface area contributed by atoms with Crippen LogP contribution in [0.2, 0.25) is 0 Å². The van der Waals surface area contributed by atoms with Crippen LogP contribution in [-0.4, -0.2) is 12.2 Å². The van der Waals surface area contributed by atoms with Gasteiger partial charge in [0.15, 0.2) is 0 Å². The Balaban J connectivity index is 2.48. The van der Waals surface area contributed by atoms with Crippen molar-refractivity contribution in [2.75, 3.05) is 0 Å². The summed E-state index contributed by atoms with van der Waals surface area (Å²) >= 11 is 0. The Morgan fingerprint density at radius 2 is 2.10 bits per heavy atom. The molecule has 1 fully saturated rings. The first-order valence-electron chi connectivity index (χ1n) is 3.52. The van der Waals surface area contributed by atoms with Gasteiger partial charge >= 0.3 is 0 Å². The highest BCUT2D eigenvalue weighted by molar-refractivity contribution is 5.81. The molecule has 1 nitrogen and oxygen atoms in total. The minimum atomic E-state index is -2.44. The highest BCUT2D eigenvalue weighted by Crippen LogP contribution is 2.25. The normalized spacial score (nSPS) is 27.5. The minimum absolute atomic E-state index is 0.249. The number of carbonyl (C=O) groups excluding carboxylic acids is 1. The lowest BCUT2D eigenvalue weighted by Gasteiger charge is -2.18. The summed E-state index contributed by atoms with van der Waals surface area (Å²) in [6.45, 7) is 0. The molecule has 0 spiro atoms. The van der Waals surface area contributed by atoms with Gasteiger partial charge in [-0.1, -0.05) is 6.42 Å². The van der Waals surface area contributed by atoms with Gasteiger partial charge in [0.2, 0.25) is 6.43 Å². The summed E-state index contributed by atoms with van der Waals surface area (Å²) in [6, 6.07) is 0. The van der Waals surface area contributed by atoms with Crippen LogP contribution >= 0.6 is 0 Å². The molecule has 0 saturated heterocycles.